The van der Waals surface area contributed by atoms with E-state index in [1.54, 1.807) is 18.4 Å². The van der Waals surface area contributed by atoms with Crippen LogP contribution in [0.3, 0.4) is 0 Å². The molecule has 0 radical (unpaired) electrons. The summed E-state index contributed by atoms with van der Waals surface area (Å²) in [5.41, 5.74) is 1.46. The van der Waals surface area contributed by atoms with Gasteiger partial charge in [-0.05, 0) is 31.3 Å². The third-order valence-electron chi connectivity index (χ3n) is 3.95. The minimum Gasteiger partial charge on any atom is -0.444 e. The zero-order valence-electron chi connectivity index (χ0n) is 14.1. The van der Waals surface area contributed by atoms with Gasteiger partial charge < -0.3 is 14.6 Å². The summed E-state index contributed by atoms with van der Waals surface area (Å²) in [5, 5.41) is 3.23. The molecule has 8 heteroatoms. The van der Waals surface area contributed by atoms with Crippen LogP contribution in [0, 0.1) is 5.82 Å². The Morgan fingerprint density at radius 3 is 2.68 bits per heavy atom. The van der Waals surface area contributed by atoms with E-state index in [2.05, 4.69) is 10.3 Å². The first-order chi connectivity index (χ1) is 11.6. The predicted octanol–water partition coefficient (Wildman–Crippen LogP) is 1.77. The molecule has 1 aliphatic rings. The highest BCUT2D eigenvalue weighted by molar-refractivity contribution is 5.85. The highest BCUT2D eigenvalue weighted by Crippen LogP contribution is 2.19. The Kier molecular flexibility index (Phi) is 6.92. The molecule has 1 amide bonds. The van der Waals surface area contributed by atoms with E-state index in [0.29, 0.717) is 19.0 Å². The van der Waals surface area contributed by atoms with Gasteiger partial charge in [-0.2, -0.15) is 0 Å². The van der Waals surface area contributed by atoms with Crippen molar-refractivity contribution in [1.29, 1.82) is 0 Å². The van der Waals surface area contributed by atoms with E-state index < -0.39 is 0 Å². The van der Waals surface area contributed by atoms with Crippen LogP contribution < -0.4 is 5.32 Å². The standard InChI is InChI=1S/C17H21FN4O2.ClH/c1-21(11-16(23)22-8-6-19-7-9-22)10-15-12-24-17(20-15)13-2-4-14(18)5-3-13;/h2-5,12,19H,6-11H2,1H3;1H. The fourth-order valence-electron chi connectivity index (χ4n) is 2.68. The van der Waals surface area contributed by atoms with Crippen molar-refractivity contribution >= 4 is 18.3 Å². The molecule has 0 spiro atoms. The Hall–Kier alpha value is -1.96. The highest BCUT2D eigenvalue weighted by atomic mass is 35.5. The number of carbonyl (C=O) groups is 1. The summed E-state index contributed by atoms with van der Waals surface area (Å²) in [6.45, 7) is 4.07. The molecular formula is C17H22ClFN4O2. The van der Waals surface area contributed by atoms with Gasteiger partial charge in [0.1, 0.15) is 12.1 Å². The van der Waals surface area contributed by atoms with Gasteiger partial charge in [-0.3, -0.25) is 9.69 Å². The van der Waals surface area contributed by atoms with Crippen molar-refractivity contribution in [2.24, 2.45) is 0 Å². The van der Waals surface area contributed by atoms with Crippen molar-refractivity contribution in [3.8, 4) is 11.5 Å². The van der Waals surface area contributed by atoms with Gasteiger partial charge in [0.05, 0.1) is 12.2 Å². The van der Waals surface area contributed by atoms with Crippen LogP contribution >= 0.6 is 12.4 Å². The monoisotopic (exact) mass is 368 g/mol. The minimum absolute atomic E-state index is 0. The number of carbonyl (C=O) groups excluding carboxylic acids is 1. The van der Waals surface area contributed by atoms with E-state index in [1.165, 1.54) is 12.1 Å². The summed E-state index contributed by atoms with van der Waals surface area (Å²) >= 11 is 0. The lowest BCUT2D eigenvalue weighted by Gasteiger charge is -2.29. The lowest BCUT2D eigenvalue weighted by Crippen LogP contribution is -2.49. The molecule has 25 heavy (non-hydrogen) atoms. The summed E-state index contributed by atoms with van der Waals surface area (Å²) in [6, 6.07) is 6.00. The summed E-state index contributed by atoms with van der Waals surface area (Å²) in [5.74, 6) is 0.282. The molecule has 0 unspecified atom stereocenters. The van der Waals surface area contributed by atoms with Crippen LogP contribution in [0.5, 0.6) is 0 Å². The third-order valence-corrected chi connectivity index (χ3v) is 3.95. The molecule has 1 aromatic carbocycles. The smallest absolute Gasteiger partial charge is 0.236 e. The molecule has 1 N–H and O–H groups in total. The molecule has 1 aromatic heterocycles. The number of hydrogen-bond acceptors (Lipinski definition) is 5. The molecular weight excluding hydrogens is 347 g/mol. The highest BCUT2D eigenvalue weighted by Gasteiger charge is 2.18. The van der Waals surface area contributed by atoms with E-state index in [0.717, 1.165) is 37.4 Å². The van der Waals surface area contributed by atoms with Crippen molar-refractivity contribution in [3.63, 3.8) is 0 Å². The Morgan fingerprint density at radius 2 is 2.00 bits per heavy atom. The van der Waals surface area contributed by atoms with Gasteiger partial charge in [0.15, 0.2) is 0 Å². The first kappa shape index (κ1) is 19.4. The van der Waals surface area contributed by atoms with Crippen LogP contribution in [-0.2, 0) is 11.3 Å². The van der Waals surface area contributed by atoms with Crippen molar-refractivity contribution in [2.45, 2.75) is 6.54 Å². The molecule has 0 saturated carbocycles. The van der Waals surface area contributed by atoms with Gasteiger partial charge in [0.25, 0.3) is 0 Å². The molecule has 0 bridgehead atoms. The average Bonchev–Trinajstić information content (AvgIpc) is 3.04. The number of nitrogens with zero attached hydrogens (tertiary/aromatic N) is 3. The number of piperazine rings is 1. The summed E-state index contributed by atoms with van der Waals surface area (Å²) in [7, 11) is 1.88. The quantitative estimate of drug-likeness (QED) is 0.871. The maximum absolute atomic E-state index is 13.0. The molecule has 0 atom stereocenters. The fourth-order valence-corrected chi connectivity index (χ4v) is 2.68. The zero-order chi connectivity index (χ0) is 16.9. The van der Waals surface area contributed by atoms with Crippen molar-refractivity contribution in [3.05, 3.63) is 42.0 Å². The number of benzene rings is 1. The molecule has 0 aliphatic carbocycles. The Labute approximate surface area is 152 Å². The number of likely N-dealkylation sites (N-methyl/N-ethyl adjacent to an activating group) is 1. The van der Waals surface area contributed by atoms with E-state index in [1.807, 2.05) is 16.8 Å². The van der Waals surface area contributed by atoms with Crippen molar-refractivity contribution in [2.75, 3.05) is 39.8 Å². The van der Waals surface area contributed by atoms with Gasteiger partial charge in [0, 0.05) is 38.3 Å². The number of rotatable bonds is 5. The zero-order valence-corrected chi connectivity index (χ0v) is 14.9. The van der Waals surface area contributed by atoms with Crippen molar-refractivity contribution < 1.29 is 13.6 Å². The minimum atomic E-state index is -0.295. The van der Waals surface area contributed by atoms with Crippen LogP contribution in [0.1, 0.15) is 5.69 Å². The van der Waals surface area contributed by atoms with Crippen LogP contribution in [0.15, 0.2) is 34.9 Å². The van der Waals surface area contributed by atoms with E-state index in [4.69, 9.17) is 4.42 Å². The molecule has 1 fully saturated rings. The normalized spacial score (nSPS) is 14.4. The summed E-state index contributed by atoms with van der Waals surface area (Å²) in [4.78, 5) is 20.4. The van der Waals surface area contributed by atoms with Crippen LogP contribution in [0.25, 0.3) is 11.5 Å². The van der Waals surface area contributed by atoms with E-state index in [-0.39, 0.29) is 24.1 Å². The number of oxazole rings is 1. The average molecular weight is 369 g/mol. The molecule has 2 heterocycles. The largest absolute Gasteiger partial charge is 0.444 e. The number of amides is 1. The SMILES string of the molecule is CN(CC(=O)N1CCNCC1)Cc1coc(-c2ccc(F)cc2)n1.Cl. The molecule has 136 valence electrons. The number of halogens is 2. The first-order valence-corrected chi connectivity index (χ1v) is 7.99. The second-order valence-electron chi connectivity index (χ2n) is 5.95. The molecule has 2 aromatic rings. The second-order valence-corrected chi connectivity index (χ2v) is 5.95. The second kappa shape index (κ2) is 8.94. The van der Waals surface area contributed by atoms with E-state index in [9.17, 15) is 9.18 Å². The lowest BCUT2D eigenvalue weighted by molar-refractivity contribution is -0.132. The van der Waals surface area contributed by atoms with Crippen LogP contribution in [0.4, 0.5) is 4.39 Å². The third kappa shape index (κ3) is 5.26. The summed E-state index contributed by atoms with van der Waals surface area (Å²) in [6.07, 6.45) is 1.57. The molecule has 1 saturated heterocycles. The Morgan fingerprint density at radius 1 is 1.32 bits per heavy atom. The molecule has 1 aliphatic heterocycles. The number of aromatic nitrogens is 1. The fraction of sp³-hybridized carbons (Fsp3) is 0.412. The Balaban J connectivity index is 0.00000225. The molecule has 3 rings (SSSR count). The van der Waals surface area contributed by atoms with Crippen LogP contribution in [-0.4, -0.2) is 60.5 Å². The first-order valence-electron chi connectivity index (χ1n) is 7.99. The maximum atomic E-state index is 13.0. The lowest BCUT2D eigenvalue weighted by atomic mass is 10.2. The van der Waals surface area contributed by atoms with Crippen LogP contribution in [0.2, 0.25) is 0 Å². The Bertz CT molecular complexity index is 686. The predicted molar refractivity (Wildman–Crippen MR) is 94.9 cm³/mol. The van der Waals surface area contributed by atoms with Gasteiger partial charge in [-0.25, -0.2) is 9.37 Å². The maximum Gasteiger partial charge on any atom is 0.236 e. The van der Waals surface area contributed by atoms with Crippen molar-refractivity contribution in [1.82, 2.24) is 20.1 Å². The summed E-state index contributed by atoms with van der Waals surface area (Å²) < 4.78 is 18.4. The van der Waals surface area contributed by atoms with Gasteiger partial charge in [-0.1, -0.05) is 0 Å². The number of nitrogens with one attached hydrogen (secondary N) is 1. The van der Waals surface area contributed by atoms with Gasteiger partial charge >= 0.3 is 0 Å². The van der Waals surface area contributed by atoms with Gasteiger partial charge in [0.2, 0.25) is 11.8 Å². The molecule has 6 nitrogen and oxygen atoms in total. The number of hydrogen-bond donors (Lipinski definition) is 1. The van der Waals surface area contributed by atoms with Gasteiger partial charge in [-0.15, -0.1) is 12.4 Å². The van der Waals surface area contributed by atoms with E-state index >= 15 is 0 Å². The topological polar surface area (TPSA) is 61.6 Å².